The van der Waals surface area contributed by atoms with Gasteiger partial charge >= 0.3 is 0 Å². The van der Waals surface area contributed by atoms with Gasteiger partial charge in [-0.25, -0.2) is 4.63 Å². The van der Waals surface area contributed by atoms with Gasteiger partial charge in [0.1, 0.15) is 11.0 Å². The first-order chi connectivity index (χ1) is 5.29. The number of hydrogen-bond acceptors (Lipinski definition) is 3. The Morgan fingerprint density at radius 3 is 3.00 bits per heavy atom. The lowest BCUT2D eigenvalue weighted by atomic mass is 10.2. The largest absolute Gasteiger partial charge is 0.243 e. The van der Waals surface area contributed by atoms with E-state index < -0.39 is 0 Å². The minimum atomic E-state index is 0.688. The van der Waals surface area contributed by atoms with Crippen molar-refractivity contribution in [1.29, 1.82) is 0 Å². The number of aryl methyl sites for hydroxylation is 1. The summed E-state index contributed by atoms with van der Waals surface area (Å²) in [6.45, 7) is 1.88. The molecule has 1 aromatic heterocycles. The van der Waals surface area contributed by atoms with Crippen LogP contribution in [0.3, 0.4) is 0 Å². The van der Waals surface area contributed by atoms with E-state index in [4.69, 9.17) is 11.6 Å². The molecule has 0 saturated heterocycles. The van der Waals surface area contributed by atoms with Crippen LogP contribution in [0.2, 0.25) is 5.02 Å². The molecule has 2 rings (SSSR count). The SMILES string of the molecule is Cc1c(Cl)ccc2nonc12. The van der Waals surface area contributed by atoms with E-state index in [1.54, 1.807) is 12.1 Å². The summed E-state index contributed by atoms with van der Waals surface area (Å²) in [6.07, 6.45) is 0. The molecule has 2 aromatic rings. The first kappa shape index (κ1) is 6.61. The molecule has 0 unspecified atom stereocenters. The van der Waals surface area contributed by atoms with E-state index in [1.807, 2.05) is 6.92 Å². The molecule has 0 saturated carbocycles. The summed E-state index contributed by atoms with van der Waals surface area (Å²) in [4.78, 5) is 0. The van der Waals surface area contributed by atoms with Gasteiger partial charge in [-0.3, -0.25) is 0 Å². The van der Waals surface area contributed by atoms with Gasteiger partial charge in [-0.05, 0) is 34.9 Å². The minimum Gasteiger partial charge on any atom is -0.243 e. The molecule has 0 atom stereocenters. The topological polar surface area (TPSA) is 38.9 Å². The quantitative estimate of drug-likeness (QED) is 0.605. The van der Waals surface area contributed by atoms with Crippen molar-refractivity contribution >= 4 is 22.6 Å². The normalized spacial score (nSPS) is 10.7. The Morgan fingerprint density at radius 2 is 2.18 bits per heavy atom. The van der Waals surface area contributed by atoms with Gasteiger partial charge in [-0.2, -0.15) is 0 Å². The van der Waals surface area contributed by atoms with Crippen molar-refractivity contribution in [2.24, 2.45) is 0 Å². The number of aromatic nitrogens is 2. The summed E-state index contributed by atoms with van der Waals surface area (Å²) < 4.78 is 4.54. The van der Waals surface area contributed by atoms with Crippen LogP contribution in [0.25, 0.3) is 11.0 Å². The number of fused-ring (bicyclic) bond motifs is 1. The van der Waals surface area contributed by atoms with Gasteiger partial charge in [-0.15, -0.1) is 0 Å². The Kier molecular flexibility index (Phi) is 1.32. The fraction of sp³-hybridized carbons (Fsp3) is 0.143. The Bertz CT molecular complexity index is 396. The molecule has 0 bridgehead atoms. The summed E-state index contributed by atoms with van der Waals surface area (Å²) in [5.41, 5.74) is 2.38. The third-order valence-electron chi connectivity index (χ3n) is 1.61. The van der Waals surface area contributed by atoms with Crippen molar-refractivity contribution < 1.29 is 4.63 Å². The van der Waals surface area contributed by atoms with E-state index in [0.29, 0.717) is 5.02 Å². The van der Waals surface area contributed by atoms with Crippen LogP contribution < -0.4 is 0 Å². The van der Waals surface area contributed by atoms with E-state index in [-0.39, 0.29) is 0 Å². The van der Waals surface area contributed by atoms with E-state index in [9.17, 15) is 0 Å². The number of benzene rings is 1. The van der Waals surface area contributed by atoms with Crippen LogP contribution in [0.4, 0.5) is 0 Å². The van der Waals surface area contributed by atoms with Crippen LogP contribution in [-0.2, 0) is 0 Å². The lowest BCUT2D eigenvalue weighted by Crippen LogP contribution is -1.77. The monoisotopic (exact) mass is 168 g/mol. The smallest absolute Gasteiger partial charge is 0.139 e. The minimum absolute atomic E-state index is 0.688. The van der Waals surface area contributed by atoms with Gasteiger partial charge in [0.15, 0.2) is 0 Å². The molecule has 0 aliphatic rings. The molecule has 3 nitrogen and oxygen atoms in total. The van der Waals surface area contributed by atoms with Crippen LogP contribution in [0.5, 0.6) is 0 Å². The van der Waals surface area contributed by atoms with E-state index in [2.05, 4.69) is 14.9 Å². The van der Waals surface area contributed by atoms with Crippen molar-refractivity contribution in [2.75, 3.05) is 0 Å². The first-order valence-corrected chi connectivity index (χ1v) is 3.54. The number of halogens is 1. The van der Waals surface area contributed by atoms with Crippen molar-refractivity contribution in [1.82, 2.24) is 10.3 Å². The molecule has 1 aromatic carbocycles. The Balaban J connectivity index is 2.93. The maximum Gasteiger partial charge on any atom is 0.139 e. The van der Waals surface area contributed by atoms with Crippen LogP contribution in [0.15, 0.2) is 16.8 Å². The molecule has 0 fully saturated rings. The van der Waals surface area contributed by atoms with Crippen molar-refractivity contribution in [3.8, 4) is 0 Å². The highest BCUT2D eigenvalue weighted by Crippen LogP contribution is 2.21. The molecular formula is C7H5ClN2O. The van der Waals surface area contributed by atoms with Crippen molar-refractivity contribution in [2.45, 2.75) is 6.92 Å². The van der Waals surface area contributed by atoms with E-state index in [0.717, 1.165) is 16.6 Å². The predicted molar refractivity (Wildman–Crippen MR) is 41.6 cm³/mol. The average Bonchev–Trinajstić information content (AvgIpc) is 2.45. The zero-order chi connectivity index (χ0) is 7.84. The van der Waals surface area contributed by atoms with Gasteiger partial charge in [0.2, 0.25) is 0 Å². The fourth-order valence-electron chi connectivity index (χ4n) is 0.955. The average molecular weight is 169 g/mol. The second-order valence-corrected chi connectivity index (χ2v) is 2.71. The third kappa shape index (κ3) is 0.886. The molecule has 11 heavy (non-hydrogen) atoms. The molecule has 1 heterocycles. The number of rotatable bonds is 0. The lowest BCUT2D eigenvalue weighted by Gasteiger charge is -1.93. The van der Waals surface area contributed by atoms with E-state index >= 15 is 0 Å². The number of hydrogen-bond donors (Lipinski definition) is 0. The van der Waals surface area contributed by atoms with Crippen LogP contribution in [-0.4, -0.2) is 10.3 Å². The molecule has 0 N–H and O–H groups in total. The number of nitrogens with zero attached hydrogens (tertiary/aromatic N) is 2. The van der Waals surface area contributed by atoms with Gasteiger partial charge in [-0.1, -0.05) is 11.6 Å². The predicted octanol–water partition coefficient (Wildman–Crippen LogP) is 2.18. The fourth-order valence-corrected chi connectivity index (χ4v) is 1.11. The van der Waals surface area contributed by atoms with Gasteiger partial charge in [0.05, 0.1) is 0 Å². The zero-order valence-corrected chi connectivity index (χ0v) is 6.59. The van der Waals surface area contributed by atoms with Crippen molar-refractivity contribution in [3.05, 3.63) is 22.7 Å². The molecule has 0 radical (unpaired) electrons. The van der Waals surface area contributed by atoms with Crippen LogP contribution in [0.1, 0.15) is 5.56 Å². The third-order valence-corrected chi connectivity index (χ3v) is 2.02. The van der Waals surface area contributed by atoms with Gasteiger partial charge in [0.25, 0.3) is 0 Å². The molecule has 0 spiro atoms. The Morgan fingerprint density at radius 1 is 1.36 bits per heavy atom. The Labute approximate surface area is 67.9 Å². The molecule has 56 valence electrons. The second-order valence-electron chi connectivity index (χ2n) is 2.30. The Hall–Kier alpha value is -1.09. The standard InChI is InChI=1S/C7H5ClN2O/c1-4-5(8)2-3-6-7(4)10-11-9-6/h2-3H,1H3. The van der Waals surface area contributed by atoms with Crippen LogP contribution in [0, 0.1) is 6.92 Å². The molecule has 0 amide bonds. The summed E-state index contributed by atoms with van der Waals surface area (Å²) in [6, 6.07) is 3.56. The first-order valence-electron chi connectivity index (χ1n) is 3.16. The summed E-state index contributed by atoms with van der Waals surface area (Å²) in [5, 5.41) is 8.07. The van der Waals surface area contributed by atoms with E-state index in [1.165, 1.54) is 0 Å². The van der Waals surface area contributed by atoms with Gasteiger partial charge < -0.3 is 0 Å². The molecule has 4 heteroatoms. The summed E-state index contributed by atoms with van der Waals surface area (Å²) in [7, 11) is 0. The second kappa shape index (κ2) is 2.20. The van der Waals surface area contributed by atoms with Crippen LogP contribution >= 0.6 is 11.6 Å². The van der Waals surface area contributed by atoms with Gasteiger partial charge in [0, 0.05) is 5.02 Å². The highest BCUT2D eigenvalue weighted by molar-refractivity contribution is 6.32. The maximum atomic E-state index is 5.84. The summed E-state index contributed by atoms with van der Waals surface area (Å²) >= 11 is 5.84. The highest BCUT2D eigenvalue weighted by Gasteiger charge is 2.05. The summed E-state index contributed by atoms with van der Waals surface area (Å²) in [5.74, 6) is 0. The highest BCUT2D eigenvalue weighted by atomic mass is 35.5. The lowest BCUT2D eigenvalue weighted by molar-refractivity contribution is 0.315. The van der Waals surface area contributed by atoms with Crippen molar-refractivity contribution in [3.63, 3.8) is 0 Å². The maximum absolute atomic E-state index is 5.84. The molecule has 0 aliphatic heterocycles. The zero-order valence-electron chi connectivity index (χ0n) is 5.84. The molecule has 0 aliphatic carbocycles. The molecular weight excluding hydrogens is 164 g/mol.